The van der Waals surface area contributed by atoms with E-state index in [2.05, 4.69) is 9.97 Å². The molecule has 0 radical (unpaired) electrons. The molecule has 0 aliphatic heterocycles. The number of aryl methyl sites for hydroxylation is 1. The molecule has 0 bridgehead atoms. The van der Waals surface area contributed by atoms with Crippen molar-refractivity contribution in [3.63, 3.8) is 0 Å². The van der Waals surface area contributed by atoms with Crippen molar-refractivity contribution >= 4 is 33.4 Å². The van der Waals surface area contributed by atoms with Crippen LogP contribution in [-0.4, -0.2) is 9.97 Å². The van der Waals surface area contributed by atoms with Gasteiger partial charge in [0, 0.05) is 27.6 Å². The van der Waals surface area contributed by atoms with Gasteiger partial charge < -0.3 is 14.1 Å². The maximum absolute atomic E-state index is 12.7. The summed E-state index contributed by atoms with van der Waals surface area (Å²) < 4.78 is 48.7. The SMILES string of the molecule is Cc1nccc2c1[nH]c1c(-c3cccc(OCc4ccc(C(F)(F)F)o4)c3)cc(Cl)cc12. The van der Waals surface area contributed by atoms with Gasteiger partial charge in [-0.2, -0.15) is 13.2 Å². The van der Waals surface area contributed by atoms with Crippen LogP contribution in [0.3, 0.4) is 0 Å². The molecule has 0 saturated heterocycles. The smallest absolute Gasteiger partial charge is 0.449 e. The number of hydrogen-bond acceptors (Lipinski definition) is 3. The fourth-order valence-electron chi connectivity index (χ4n) is 3.77. The van der Waals surface area contributed by atoms with Gasteiger partial charge in [0.15, 0.2) is 0 Å². The quantitative estimate of drug-likeness (QED) is 0.304. The van der Waals surface area contributed by atoms with Crippen molar-refractivity contribution in [3.8, 4) is 16.9 Å². The van der Waals surface area contributed by atoms with Gasteiger partial charge in [0.1, 0.15) is 18.1 Å². The van der Waals surface area contributed by atoms with Crippen molar-refractivity contribution in [2.75, 3.05) is 0 Å². The first-order valence-corrected chi connectivity index (χ1v) is 10.1. The number of furan rings is 1. The Hall–Kier alpha value is -3.45. The number of aromatic nitrogens is 2. The van der Waals surface area contributed by atoms with Crippen molar-refractivity contribution in [3.05, 3.63) is 83.0 Å². The highest BCUT2D eigenvalue weighted by atomic mass is 35.5. The Kier molecular flexibility index (Phi) is 4.86. The van der Waals surface area contributed by atoms with E-state index in [9.17, 15) is 13.2 Å². The third-order valence-corrected chi connectivity index (χ3v) is 5.47. The largest absolute Gasteiger partial charge is 0.486 e. The minimum absolute atomic E-state index is 0.0893. The predicted octanol–water partition coefficient (Wildman–Crippen LogP) is 7.54. The van der Waals surface area contributed by atoms with E-state index < -0.39 is 11.9 Å². The minimum atomic E-state index is -4.52. The van der Waals surface area contributed by atoms with Crippen LogP contribution in [0, 0.1) is 6.92 Å². The van der Waals surface area contributed by atoms with E-state index in [-0.39, 0.29) is 12.4 Å². The number of rotatable bonds is 4. The van der Waals surface area contributed by atoms with Gasteiger partial charge in [0.05, 0.1) is 16.7 Å². The predicted molar refractivity (Wildman–Crippen MR) is 117 cm³/mol. The average Bonchev–Trinajstić information content (AvgIpc) is 3.38. The summed E-state index contributed by atoms with van der Waals surface area (Å²) in [6.07, 6.45) is -2.76. The minimum Gasteiger partial charge on any atom is -0.486 e. The number of aromatic amines is 1. The summed E-state index contributed by atoms with van der Waals surface area (Å²) >= 11 is 6.43. The van der Waals surface area contributed by atoms with Crippen molar-refractivity contribution in [1.82, 2.24) is 9.97 Å². The molecule has 0 fully saturated rings. The van der Waals surface area contributed by atoms with E-state index >= 15 is 0 Å². The number of H-pyrrole nitrogens is 1. The van der Waals surface area contributed by atoms with Gasteiger partial charge in [-0.3, -0.25) is 4.98 Å². The number of nitrogens with one attached hydrogen (secondary N) is 1. The Labute approximate surface area is 185 Å². The van der Waals surface area contributed by atoms with E-state index in [1.807, 2.05) is 43.3 Å². The van der Waals surface area contributed by atoms with E-state index in [0.29, 0.717) is 10.8 Å². The Morgan fingerprint density at radius 3 is 2.66 bits per heavy atom. The van der Waals surface area contributed by atoms with Crippen molar-refractivity contribution in [1.29, 1.82) is 0 Å². The van der Waals surface area contributed by atoms with Crippen LogP contribution >= 0.6 is 11.6 Å². The lowest BCUT2D eigenvalue weighted by atomic mass is 10.0. The lowest BCUT2D eigenvalue weighted by Crippen LogP contribution is -2.02. The number of hydrogen-bond donors (Lipinski definition) is 1. The number of pyridine rings is 1. The first-order valence-electron chi connectivity index (χ1n) is 9.75. The van der Waals surface area contributed by atoms with Gasteiger partial charge in [0.2, 0.25) is 5.76 Å². The molecule has 0 aliphatic carbocycles. The molecule has 5 rings (SSSR count). The molecule has 0 atom stereocenters. The van der Waals surface area contributed by atoms with E-state index in [4.69, 9.17) is 20.8 Å². The fraction of sp³-hybridized carbons (Fsp3) is 0.125. The second kappa shape index (κ2) is 7.60. The maximum atomic E-state index is 12.7. The molecular weight excluding hydrogens is 441 g/mol. The molecule has 4 nitrogen and oxygen atoms in total. The number of alkyl halides is 3. The highest BCUT2D eigenvalue weighted by Crippen LogP contribution is 2.37. The Morgan fingerprint density at radius 1 is 1.03 bits per heavy atom. The second-order valence-corrected chi connectivity index (χ2v) is 7.84. The number of ether oxygens (including phenoxy) is 1. The van der Waals surface area contributed by atoms with Gasteiger partial charge in [0.25, 0.3) is 0 Å². The van der Waals surface area contributed by atoms with Gasteiger partial charge in [-0.25, -0.2) is 0 Å². The van der Waals surface area contributed by atoms with Crippen LogP contribution in [0.1, 0.15) is 17.2 Å². The van der Waals surface area contributed by atoms with E-state index in [0.717, 1.165) is 44.7 Å². The highest BCUT2D eigenvalue weighted by molar-refractivity contribution is 6.32. The topological polar surface area (TPSA) is 51.0 Å². The molecule has 8 heteroatoms. The van der Waals surface area contributed by atoms with Crippen LogP contribution in [0.4, 0.5) is 13.2 Å². The molecule has 0 aliphatic rings. The first-order chi connectivity index (χ1) is 15.3. The first kappa shape index (κ1) is 20.5. The molecule has 3 aromatic heterocycles. The zero-order chi connectivity index (χ0) is 22.5. The van der Waals surface area contributed by atoms with Gasteiger partial charge in [-0.05, 0) is 55.0 Å². The van der Waals surface area contributed by atoms with Gasteiger partial charge in [-0.15, -0.1) is 0 Å². The van der Waals surface area contributed by atoms with Crippen molar-refractivity contribution in [2.24, 2.45) is 0 Å². The lowest BCUT2D eigenvalue weighted by Gasteiger charge is -2.09. The van der Waals surface area contributed by atoms with E-state index in [1.54, 1.807) is 12.3 Å². The molecule has 32 heavy (non-hydrogen) atoms. The molecule has 0 unspecified atom stereocenters. The Bertz CT molecular complexity index is 1450. The normalized spacial score (nSPS) is 12.0. The molecule has 3 heterocycles. The molecule has 0 saturated carbocycles. The molecule has 1 N–H and O–H groups in total. The van der Waals surface area contributed by atoms with Crippen LogP contribution in [0.2, 0.25) is 5.02 Å². The molecule has 162 valence electrons. The number of nitrogens with zero attached hydrogens (tertiary/aromatic N) is 1. The monoisotopic (exact) mass is 456 g/mol. The number of halogens is 4. The summed E-state index contributed by atoms with van der Waals surface area (Å²) in [5.41, 5.74) is 4.47. The summed E-state index contributed by atoms with van der Waals surface area (Å²) in [7, 11) is 0. The number of benzene rings is 2. The lowest BCUT2D eigenvalue weighted by molar-refractivity contribution is -0.153. The summed E-state index contributed by atoms with van der Waals surface area (Å²) in [4.78, 5) is 7.80. The van der Waals surface area contributed by atoms with Crippen LogP contribution in [0.15, 0.2) is 65.2 Å². The summed E-state index contributed by atoms with van der Waals surface area (Å²) in [5.74, 6) is -0.462. The molecule has 2 aromatic carbocycles. The zero-order valence-corrected chi connectivity index (χ0v) is 17.5. The average molecular weight is 457 g/mol. The number of fused-ring (bicyclic) bond motifs is 3. The molecule has 5 aromatic rings. The van der Waals surface area contributed by atoms with Crippen LogP contribution < -0.4 is 4.74 Å². The Morgan fingerprint density at radius 2 is 1.88 bits per heavy atom. The zero-order valence-electron chi connectivity index (χ0n) is 16.8. The maximum Gasteiger partial charge on any atom is 0.449 e. The Balaban J connectivity index is 1.50. The van der Waals surface area contributed by atoms with Crippen LogP contribution in [0.25, 0.3) is 32.9 Å². The van der Waals surface area contributed by atoms with Gasteiger partial charge in [-0.1, -0.05) is 23.7 Å². The summed E-state index contributed by atoms with van der Waals surface area (Å²) in [5, 5.41) is 2.60. The fourth-order valence-corrected chi connectivity index (χ4v) is 3.99. The molecular formula is C24H16ClF3N2O2. The van der Waals surface area contributed by atoms with E-state index in [1.165, 1.54) is 6.07 Å². The van der Waals surface area contributed by atoms with Crippen LogP contribution in [0.5, 0.6) is 5.75 Å². The highest BCUT2D eigenvalue weighted by Gasteiger charge is 2.34. The second-order valence-electron chi connectivity index (χ2n) is 7.40. The van der Waals surface area contributed by atoms with Crippen molar-refractivity contribution < 1.29 is 22.3 Å². The standard InChI is InChI=1S/C24H16ClF3N2O2/c1-13-22-18(7-8-29-13)20-11-15(25)10-19(23(20)30-22)14-3-2-4-16(9-14)31-12-17-5-6-21(32-17)24(26,27)28/h2-11,30H,12H2,1H3. The molecule has 0 amide bonds. The van der Waals surface area contributed by atoms with Crippen molar-refractivity contribution in [2.45, 2.75) is 19.7 Å². The molecule has 0 spiro atoms. The third-order valence-electron chi connectivity index (χ3n) is 5.25. The third kappa shape index (κ3) is 3.69. The van der Waals surface area contributed by atoms with Gasteiger partial charge >= 0.3 is 6.18 Å². The summed E-state index contributed by atoms with van der Waals surface area (Å²) in [6, 6.07) is 15.2. The summed E-state index contributed by atoms with van der Waals surface area (Å²) in [6.45, 7) is 1.81. The van der Waals surface area contributed by atoms with Crippen LogP contribution in [-0.2, 0) is 12.8 Å².